The molecule has 0 atom stereocenters. The SMILES string of the molecule is CS(=O)(=O)N1CCCN(C(=O)c2ccc(Cl)cc2Cl)CC1. The van der Waals surface area contributed by atoms with Crippen LogP contribution in [-0.2, 0) is 10.0 Å². The van der Waals surface area contributed by atoms with Crippen LogP contribution in [-0.4, -0.2) is 56.0 Å². The monoisotopic (exact) mass is 350 g/mol. The van der Waals surface area contributed by atoms with Gasteiger partial charge < -0.3 is 4.90 Å². The van der Waals surface area contributed by atoms with Crippen molar-refractivity contribution in [1.82, 2.24) is 9.21 Å². The van der Waals surface area contributed by atoms with E-state index in [2.05, 4.69) is 0 Å². The van der Waals surface area contributed by atoms with E-state index in [9.17, 15) is 13.2 Å². The molecule has 1 aromatic rings. The molecule has 0 bridgehead atoms. The van der Waals surface area contributed by atoms with Gasteiger partial charge >= 0.3 is 0 Å². The number of rotatable bonds is 2. The zero-order valence-electron chi connectivity index (χ0n) is 11.6. The fraction of sp³-hybridized carbons (Fsp3) is 0.462. The van der Waals surface area contributed by atoms with Crippen molar-refractivity contribution in [3.05, 3.63) is 33.8 Å². The van der Waals surface area contributed by atoms with Gasteiger partial charge in [-0.1, -0.05) is 23.2 Å². The van der Waals surface area contributed by atoms with E-state index < -0.39 is 10.0 Å². The molecule has 0 N–H and O–H groups in total. The average Bonchev–Trinajstić information content (AvgIpc) is 2.63. The van der Waals surface area contributed by atoms with Crippen LogP contribution in [0.3, 0.4) is 0 Å². The molecular weight excluding hydrogens is 335 g/mol. The third-order valence-electron chi connectivity index (χ3n) is 3.37. The molecule has 1 aliphatic heterocycles. The first-order chi connectivity index (χ1) is 9.79. The summed E-state index contributed by atoms with van der Waals surface area (Å²) in [6, 6.07) is 4.73. The minimum atomic E-state index is -3.22. The van der Waals surface area contributed by atoms with Gasteiger partial charge in [-0.15, -0.1) is 0 Å². The Labute approximate surface area is 134 Å². The zero-order chi connectivity index (χ0) is 15.6. The molecule has 1 saturated heterocycles. The number of hydrogen-bond donors (Lipinski definition) is 0. The number of hydrogen-bond acceptors (Lipinski definition) is 3. The molecule has 0 aromatic heterocycles. The van der Waals surface area contributed by atoms with Crippen molar-refractivity contribution in [2.75, 3.05) is 32.4 Å². The van der Waals surface area contributed by atoms with Crippen molar-refractivity contribution in [2.45, 2.75) is 6.42 Å². The Bertz CT molecular complexity index is 649. The van der Waals surface area contributed by atoms with Crippen molar-refractivity contribution in [1.29, 1.82) is 0 Å². The normalized spacial score (nSPS) is 17.6. The minimum Gasteiger partial charge on any atom is -0.337 e. The van der Waals surface area contributed by atoms with Crippen molar-refractivity contribution >= 4 is 39.1 Å². The zero-order valence-corrected chi connectivity index (χ0v) is 13.9. The molecule has 1 amide bonds. The van der Waals surface area contributed by atoms with Crippen LogP contribution in [0.15, 0.2) is 18.2 Å². The van der Waals surface area contributed by atoms with Crippen LogP contribution >= 0.6 is 23.2 Å². The molecule has 21 heavy (non-hydrogen) atoms. The second-order valence-electron chi connectivity index (χ2n) is 4.93. The second-order valence-corrected chi connectivity index (χ2v) is 7.76. The van der Waals surface area contributed by atoms with E-state index in [0.717, 1.165) is 0 Å². The van der Waals surface area contributed by atoms with Gasteiger partial charge in [0.2, 0.25) is 10.0 Å². The Balaban J connectivity index is 2.13. The smallest absolute Gasteiger partial charge is 0.255 e. The van der Waals surface area contributed by atoms with Gasteiger partial charge in [-0.05, 0) is 24.6 Å². The third-order valence-corrected chi connectivity index (χ3v) is 5.22. The lowest BCUT2D eigenvalue weighted by Gasteiger charge is -2.21. The molecule has 0 spiro atoms. The average molecular weight is 351 g/mol. The highest BCUT2D eigenvalue weighted by molar-refractivity contribution is 7.88. The maximum Gasteiger partial charge on any atom is 0.255 e. The fourth-order valence-corrected chi connectivity index (χ4v) is 3.63. The van der Waals surface area contributed by atoms with Gasteiger partial charge in [0.05, 0.1) is 16.8 Å². The highest BCUT2D eigenvalue weighted by atomic mass is 35.5. The highest BCUT2D eigenvalue weighted by Crippen LogP contribution is 2.23. The number of carbonyl (C=O) groups is 1. The fourth-order valence-electron chi connectivity index (χ4n) is 2.26. The van der Waals surface area contributed by atoms with E-state index in [1.165, 1.54) is 16.6 Å². The molecule has 1 aromatic carbocycles. The van der Waals surface area contributed by atoms with E-state index in [0.29, 0.717) is 48.2 Å². The number of amides is 1. The summed E-state index contributed by atoms with van der Waals surface area (Å²) in [6.07, 6.45) is 1.78. The largest absolute Gasteiger partial charge is 0.337 e. The molecule has 1 aliphatic rings. The van der Waals surface area contributed by atoms with Crippen LogP contribution in [0.25, 0.3) is 0 Å². The molecule has 5 nitrogen and oxygen atoms in total. The Hall–Kier alpha value is -0.820. The molecule has 8 heteroatoms. The standard InChI is InChI=1S/C13H16Cl2N2O3S/c1-21(19,20)17-6-2-5-16(7-8-17)13(18)11-4-3-10(14)9-12(11)15/h3-4,9H,2,5-8H2,1H3. The third kappa shape index (κ3) is 4.10. The predicted molar refractivity (Wildman–Crippen MR) is 83.4 cm³/mol. The Morgan fingerprint density at radius 1 is 1.14 bits per heavy atom. The number of sulfonamides is 1. The summed E-state index contributed by atoms with van der Waals surface area (Å²) in [4.78, 5) is 14.1. The summed E-state index contributed by atoms with van der Waals surface area (Å²) in [6.45, 7) is 1.58. The number of halogens is 2. The quantitative estimate of drug-likeness (QED) is 0.820. The van der Waals surface area contributed by atoms with Gasteiger partial charge in [0.25, 0.3) is 5.91 Å². The summed E-state index contributed by atoms with van der Waals surface area (Å²) in [5.74, 6) is -0.202. The Kier molecular flexibility index (Phi) is 5.14. The van der Waals surface area contributed by atoms with Gasteiger partial charge in [0, 0.05) is 31.2 Å². The minimum absolute atomic E-state index is 0.202. The molecule has 1 fully saturated rings. The summed E-state index contributed by atoms with van der Waals surface area (Å²) < 4.78 is 24.5. The molecule has 0 radical (unpaired) electrons. The number of benzene rings is 1. The van der Waals surface area contributed by atoms with Crippen LogP contribution in [0, 0.1) is 0 Å². The summed E-state index contributed by atoms with van der Waals surface area (Å²) in [5.41, 5.74) is 0.383. The summed E-state index contributed by atoms with van der Waals surface area (Å²) >= 11 is 11.9. The highest BCUT2D eigenvalue weighted by Gasteiger charge is 2.25. The lowest BCUT2D eigenvalue weighted by molar-refractivity contribution is 0.0764. The molecule has 1 heterocycles. The topological polar surface area (TPSA) is 57.7 Å². The van der Waals surface area contributed by atoms with Crippen LogP contribution < -0.4 is 0 Å². The van der Waals surface area contributed by atoms with Crippen molar-refractivity contribution in [2.24, 2.45) is 0 Å². The Morgan fingerprint density at radius 3 is 2.48 bits per heavy atom. The molecule has 0 aliphatic carbocycles. The van der Waals surface area contributed by atoms with Crippen molar-refractivity contribution < 1.29 is 13.2 Å². The van der Waals surface area contributed by atoms with E-state index in [1.807, 2.05) is 0 Å². The second kappa shape index (κ2) is 6.52. The molecule has 2 rings (SSSR count). The van der Waals surface area contributed by atoms with Crippen molar-refractivity contribution in [3.63, 3.8) is 0 Å². The van der Waals surface area contributed by atoms with Crippen LogP contribution in [0.4, 0.5) is 0 Å². The first-order valence-electron chi connectivity index (χ1n) is 6.48. The van der Waals surface area contributed by atoms with Gasteiger partial charge in [-0.25, -0.2) is 12.7 Å². The lowest BCUT2D eigenvalue weighted by Crippen LogP contribution is -2.37. The summed E-state index contributed by atoms with van der Waals surface area (Å²) in [7, 11) is -3.22. The maximum absolute atomic E-state index is 12.5. The van der Waals surface area contributed by atoms with Gasteiger partial charge in [-0.2, -0.15) is 0 Å². The van der Waals surface area contributed by atoms with Crippen LogP contribution in [0.2, 0.25) is 10.0 Å². The molecule has 0 unspecified atom stereocenters. The summed E-state index contributed by atoms with van der Waals surface area (Å²) in [5, 5.41) is 0.771. The van der Waals surface area contributed by atoms with E-state index >= 15 is 0 Å². The first-order valence-corrected chi connectivity index (χ1v) is 9.09. The first kappa shape index (κ1) is 16.5. The number of nitrogens with zero attached hydrogens (tertiary/aromatic N) is 2. The maximum atomic E-state index is 12.5. The van der Waals surface area contributed by atoms with E-state index in [-0.39, 0.29) is 5.91 Å². The number of carbonyl (C=O) groups excluding carboxylic acids is 1. The van der Waals surface area contributed by atoms with Crippen molar-refractivity contribution in [3.8, 4) is 0 Å². The van der Waals surface area contributed by atoms with E-state index in [1.54, 1.807) is 17.0 Å². The Morgan fingerprint density at radius 2 is 1.86 bits per heavy atom. The van der Waals surface area contributed by atoms with Gasteiger partial charge in [-0.3, -0.25) is 4.79 Å². The predicted octanol–water partition coefficient (Wildman–Crippen LogP) is 2.10. The molecular formula is C13H16Cl2N2O3S. The van der Waals surface area contributed by atoms with Crippen LogP contribution in [0.1, 0.15) is 16.8 Å². The molecule has 0 saturated carbocycles. The molecule has 116 valence electrons. The van der Waals surface area contributed by atoms with Crippen LogP contribution in [0.5, 0.6) is 0 Å². The van der Waals surface area contributed by atoms with E-state index in [4.69, 9.17) is 23.2 Å². The lowest BCUT2D eigenvalue weighted by atomic mass is 10.2. The van der Waals surface area contributed by atoms with Gasteiger partial charge in [0.1, 0.15) is 0 Å². The van der Waals surface area contributed by atoms with Gasteiger partial charge in [0.15, 0.2) is 0 Å².